The Morgan fingerprint density at radius 3 is 2.26 bits per heavy atom. The summed E-state index contributed by atoms with van der Waals surface area (Å²) >= 11 is 0. The molecule has 0 fully saturated rings. The highest BCUT2D eigenvalue weighted by Gasteiger charge is 2.32. The fourth-order valence-electron chi connectivity index (χ4n) is 5.16. The van der Waals surface area contributed by atoms with Gasteiger partial charge in [-0.3, -0.25) is 0 Å². The SMILES string of the molecule is CCc1cccc2c1CC(C)c1c-2cccc1C(C)(C)c1ccccc1C. The van der Waals surface area contributed by atoms with E-state index in [9.17, 15) is 0 Å². The molecular weight excluding hydrogens is 324 g/mol. The van der Waals surface area contributed by atoms with Gasteiger partial charge in [-0.25, -0.2) is 0 Å². The molecule has 0 saturated carbocycles. The minimum atomic E-state index is -0.00911. The maximum absolute atomic E-state index is 2.41. The lowest BCUT2D eigenvalue weighted by Gasteiger charge is -2.36. The Balaban J connectivity index is 1.96. The number of fused-ring (bicyclic) bond motifs is 3. The summed E-state index contributed by atoms with van der Waals surface area (Å²) in [5.74, 6) is 0.541. The van der Waals surface area contributed by atoms with Crippen LogP contribution in [0.15, 0.2) is 60.7 Å². The number of hydrogen-bond donors (Lipinski definition) is 0. The molecule has 3 aromatic rings. The van der Waals surface area contributed by atoms with Crippen LogP contribution in [0.2, 0.25) is 0 Å². The lowest BCUT2D eigenvalue weighted by molar-refractivity contribution is 0.609. The molecule has 27 heavy (non-hydrogen) atoms. The third-order valence-electron chi connectivity index (χ3n) is 6.55. The molecule has 3 aromatic carbocycles. The van der Waals surface area contributed by atoms with Gasteiger partial charge in [-0.05, 0) is 70.2 Å². The average molecular weight is 355 g/mol. The first-order valence-electron chi connectivity index (χ1n) is 10.3. The van der Waals surface area contributed by atoms with Crippen molar-refractivity contribution in [3.63, 3.8) is 0 Å². The quantitative estimate of drug-likeness (QED) is 0.466. The highest BCUT2D eigenvalue weighted by Crippen LogP contribution is 2.47. The Kier molecular flexibility index (Phi) is 4.46. The third kappa shape index (κ3) is 2.83. The van der Waals surface area contributed by atoms with Gasteiger partial charge in [0.1, 0.15) is 0 Å². The van der Waals surface area contributed by atoms with Crippen LogP contribution in [0.5, 0.6) is 0 Å². The highest BCUT2D eigenvalue weighted by molar-refractivity contribution is 5.77. The minimum Gasteiger partial charge on any atom is -0.0620 e. The third-order valence-corrected chi connectivity index (χ3v) is 6.55. The van der Waals surface area contributed by atoms with Crippen molar-refractivity contribution >= 4 is 0 Å². The molecule has 0 N–H and O–H groups in total. The molecule has 0 spiro atoms. The number of aryl methyl sites for hydroxylation is 2. The number of benzene rings is 3. The van der Waals surface area contributed by atoms with E-state index < -0.39 is 0 Å². The average Bonchev–Trinajstić information content (AvgIpc) is 2.67. The van der Waals surface area contributed by atoms with Crippen molar-refractivity contribution < 1.29 is 0 Å². The summed E-state index contributed by atoms with van der Waals surface area (Å²) < 4.78 is 0. The smallest absolute Gasteiger partial charge is 0.0152 e. The normalized spacial score (nSPS) is 16.0. The van der Waals surface area contributed by atoms with Crippen molar-refractivity contribution in [2.45, 2.75) is 58.8 Å². The Bertz CT molecular complexity index is 991. The fourth-order valence-corrected chi connectivity index (χ4v) is 5.16. The summed E-state index contributed by atoms with van der Waals surface area (Å²) in [5, 5.41) is 0. The second-order valence-electron chi connectivity index (χ2n) is 8.61. The van der Waals surface area contributed by atoms with Crippen LogP contribution in [-0.2, 0) is 18.3 Å². The lowest BCUT2D eigenvalue weighted by Crippen LogP contribution is -2.25. The first-order valence-corrected chi connectivity index (χ1v) is 10.3. The van der Waals surface area contributed by atoms with Gasteiger partial charge in [0.05, 0.1) is 0 Å². The molecule has 0 heteroatoms. The van der Waals surface area contributed by atoms with Crippen LogP contribution in [0, 0.1) is 6.92 Å². The zero-order chi connectivity index (χ0) is 19.2. The van der Waals surface area contributed by atoms with E-state index >= 15 is 0 Å². The van der Waals surface area contributed by atoms with E-state index in [1.54, 1.807) is 11.1 Å². The predicted octanol–water partition coefficient (Wildman–Crippen LogP) is 7.21. The van der Waals surface area contributed by atoms with E-state index in [1.807, 2.05) is 0 Å². The molecule has 0 bridgehead atoms. The molecular formula is C27H30. The molecule has 0 nitrogen and oxygen atoms in total. The number of hydrogen-bond acceptors (Lipinski definition) is 0. The Labute approximate surface area is 164 Å². The second kappa shape index (κ2) is 6.68. The van der Waals surface area contributed by atoms with Crippen molar-refractivity contribution in [2.75, 3.05) is 0 Å². The number of rotatable bonds is 3. The summed E-state index contributed by atoms with van der Waals surface area (Å²) in [4.78, 5) is 0. The van der Waals surface area contributed by atoms with Gasteiger partial charge in [0, 0.05) is 5.41 Å². The first kappa shape index (κ1) is 18.0. The topological polar surface area (TPSA) is 0 Å². The first-order chi connectivity index (χ1) is 12.9. The molecule has 0 aliphatic heterocycles. The van der Waals surface area contributed by atoms with E-state index in [0.29, 0.717) is 5.92 Å². The van der Waals surface area contributed by atoms with Gasteiger partial charge in [0.2, 0.25) is 0 Å². The Morgan fingerprint density at radius 2 is 1.52 bits per heavy atom. The molecule has 1 unspecified atom stereocenters. The Hall–Kier alpha value is -2.34. The summed E-state index contributed by atoms with van der Waals surface area (Å²) in [5.41, 5.74) is 11.8. The summed E-state index contributed by atoms with van der Waals surface area (Å²) in [6, 6.07) is 22.7. The molecule has 1 aliphatic carbocycles. The standard InChI is InChI=1S/C27H30/c1-6-20-12-9-13-21-22-14-10-16-25(26(22)19(3)17-23(20)21)27(4,5)24-15-8-7-11-18(24)2/h7-16,19H,6,17H2,1-5H3. The van der Waals surface area contributed by atoms with Crippen LogP contribution in [0.3, 0.4) is 0 Å². The monoisotopic (exact) mass is 354 g/mol. The van der Waals surface area contributed by atoms with E-state index in [4.69, 9.17) is 0 Å². The molecule has 138 valence electrons. The van der Waals surface area contributed by atoms with Crippen molar-refractivity contribution in [3.05, 3.63) is 94.0 Å². The summed E-state index contributed by atoms with van der Waals surface area (Å²) in [6.07, 6.45) is 2.26. The van der Waals surface area contributed by atoms with Crippen LogP contribution in [-0.4, -0.2) is 0 Å². The Morgan fingerprint density at radius 1 is 0.852 bits per heavy atom. The van der Waals surface area contributed by atoms with Gasteiger partial charge in [0.15, 0.2) is 0 Å². The zero-order valence-electron chi connectivity index (χ0n) is 17.3. The molecule has 0 amide bonds. The summed E-state index contributed by atoms with van der Waals surface area (Å²) in [6.45, 7) is 11.7. The second-order valence-corrected chi connectivity index (χ2v) is 8.61. The van der Waals surface area contributed by atoms with Crippen molar-refractivity contribution in [1.82, 2.24) is 0 Å². The van der Waals surface area contributed by atoms with Gasteiger partial charge in [-0.15, -0.1) is 0 Å². The maximum atomic E-state index is 2.41. The molecule has 1 aliphatic rings. The minimum absolute atomic E-state index is 0.00911. The van der Waals surface area contributed by atoms with Crippen molar-refractivity contribution in [1.29, 1.82) is 0 Å². The molecule has 0 radical (unpaired) electrons. The van der Waals surface area contributed by atoms with Crippen LogP contribution in [0.4, 0.5) is 0 Å². The van der Waals surface area contributed by atoms with Crippen LogP contribution in [0.1, 0.15) is 67.0 Å². The van der Waals surface area contributed by atoms with Gasteiger partial charge >= 0.3 is 0 Å². The highest BCUT2D eigenvalue weighted by atomic mass is 14.4. The van der Waals surface area contributed by atoms with Crippen LogP contribution >= 0.6 is 0 Å². The molecule has 4 rings (SSSR count). The summed E-state index contributed by atoms with van der Waals surface area (Å²) in [7, 11) is 0. The van der Waals surface area contributed by atoms with E-state index in [-0.39, 0.29) is 5.41 Å². The lowest BCUT2D eigenvalue weighted by atomic mass is 9.68. The van der Waals surface area contributed by atoms with Crippen molar-refractivity contribution in [3.8, 4) is 11.1 Å². The van der Waals surface area contributed by atoms with Gasteiger partial charge in [0.25, 0.3) is 0 Å². The largest absolute Gasteiger partial charge is 0.0620 e. The maximum Gasteiger partial charge on any atom is 0.0152 e. The zero-order valence-corrected chi connectivity index (χ0v) is 17.3. The van der Waals surface area contributed by atoms with Crippen LogP contribution < -0.4 is 0 Å². The van der Waals surface area contributed by atoms with Crippen molar-refractivity contribution in [2.24, 2.45) is 0 Å². The molecule has 0 saturated heterocycles. The molecule has 0 aromatic heterocycles. The van der Waals surface area contributed by atoms with Gasteiger partial charge < -0.3 is 0 Å². The van der Waals surface area contributed by atoms with Crippen LogP contribution in [0.25, 0.3) is 11.1 Å². The van der Waals surface area contributed by atoms with Gasteiger partial charge in [-0.1, -0.05) is 88.4 Å². The van der Waals surface area contributed by atoms with E-state index in [1.165, 1.54) is 33.4 Å². The molecule has 1 atom stereocenters. The predicted molar refractivity (Wildman–Crippen MR) is 117 cm³/mol. The van der Waals surface area contributed by atoms with E-state index in [2.05, 4.69) is 95.3 Å². The van der Waals surface area contributed by atoms with Gasteiger partial charge in [-0.2, -0.15) is 0 Å². The fraction of sp³-hybridized carbons (Fsp3) is 0.333. The molecule has 0 heterocycles. The van der Waals surface area contributed by atoms with E-state index in [0.717, 1.165) is 12.8 Å².